The molecule has 26 heavy (non-hydrogen) atoms. The first-order chi connectivity index (χ1) is 12.8. The summed E-state index contributed by atoms with van der Waals surface area (Å²) in [5, 5.41) is 7.82. The Morgan fingerprint density at radius 2 is 1.77 bits per heavy atom. The lowest BCUT2D eigenvalue weighted by atomic mass is 9.95. The van der Waals surface area contributed by atoms with Gasteiger partial charge in [0.2, 0.25) is 5.91 Å². The van der Waals surface area contributed by atoms with Gasteiger partial charge in [0.15, 0.2) is 0 Å². The van der Waals surface area contributed by atoms with E-state index in [4.69, 9.17) is 4.98 Å². The van der Waals surface area contributed by atoms with Gasteiger partial charge in [-0.3, -0.25) is 9.78 Å². The van der Waals surface area contributed by atoms with E-state index in [1.807, 2.05) is 42.5 Å². The third-order valence-electron chi connectivity index (χ3n) is 5.54. The number of nitrogens with zero attached hydrogens (tertiary/aromatic N) is 1. The molecule has 0 bridgehead atoms. The van der Waals surface area contributed by atoms with E-state index in [0.717, 1.165) is 33.5 Å². The highest BCUT2D eigenvalue weighted by atomic mass is 16.2. The standard InChI is InChI=1S/C22H21N3O/c26-22-21(16-10-4-6-12-18(16)25-22)20-13-19(23-14-7-1-2-8-14)15-9-3-5-11-17(15)24-20/h3-6,9-14,21H,1-2,7-8H2,(H,23,24)(H,25,26). The van der Waals surface area contributed by atoms with Crippen molar-refractivity contribution in [2.24, 2.45) is 0 Å². The molecule has 5 rings (SSSR count). The van der Waals surface area contributed by atoms with Crippen LogP contribution < -0.4 is 10.6 Å². The van der Waals surface area contributed by atoms with Gasteiger partial charge in [-0.1, -0.05) is 49.2 Å². The van der Waals surface area contributed by atoms with Crippen molar-refractivity contribution in [3.63, 3.8) is 0 Å². The largest absolute Gasteiger partial charge is 0.382 e. The molecule has 1 atom stereocenters. The maximum atomic E-state index is 12.7. The van der Waals surface area contributed by atoms with E-state index >= 15 is 0 Å². The SMILES string of the molecule is O=C1Nc2ccccc2C1c1cc(NC2CCCC2)c2ccccc2n1. The van der Waals surface area contributed by atoms with Crippen molar-refractivity contribution in [2.75, 3.05) is 10.6 Å². The summed E-state index contributed by atoms with van der Waals surface area (Å²) < 4.78 is 0. The maximum absolute atomic E-state index is 12.7. The lowest BCUT2D eigenvalue weighted by Crippen LogP contribution is -2.17. The number of anilines is 2. The lowest BCUT2D eigenvalue weighted by molar-refractivity contribution is -0.116. The molecule has 3 aromatic rings. The quantitative estimate of drug-likeness (QED) is 0.726. The second-order valence-corrected chi connectivity index (χ2v) is 7.25. The van der Waals surface area contributed by atoms with Crippen LogP contribution in [0.2, 0.25) is 0 Å². The number of fused-ring (bicyclic) bond motifs is 2. The van der Waals surface area contributed by atoms with Gasteiger partial charge in [-0.25, -0.2) is 0 Å². The summed E-state index contributed by atoms with van der Waals surface area (Å²) in [7, 11) is 0. The monoisotopic (exact) mass is 343 g/mol. The van der Waals surface area contributed by atoms with Crippen molar-refractivity contribution in [1.82, 2.24) is 4.98 Å². The van der Waals surface area contributed by atoms with Crippen LogP contribution in [0.5, 0.6) is 0 Å². The third kappa shape index (κ3) is 2.53. The molecule has 2 N–H and O–H groups in total. The minimum Gasteiger partial charge on any atom is -0.382 e. The smallest absolute Gasteiger partial charge is 0.238 e. The van der Waals surface area contributed by atoms with Crippen molar-refractivity contribution in [3.8, 4) is 0 Å². The molecule has 1 aromatic heterocycles. The third-order valence-corrected chi connectivity index (χ3v) is 5.54. The Balaban J connectivity index is 1.63. The number of para-hydroxylation sites is 2. The second kappa shape index (κ2) is 6.13. The maximum Gasteiger partial charge on any atom is 0.238 e. The number of hydrogen-bond donors (Lipinski definition) is 2. The molecule has 1 fully saturated rings. The molecular formula is C22H21N3O. The molecular weight excluding hydrogens is 322 g/mol. The zero-order valence-corrected chi connectivity index (χ0v) is 14.5. The molecule has 4 heteroatoms. The Hall–Kier alpha value is -2.88. The first-order valence-electron chi connectivity index (χ1n) is 9.35. The Labute approximate surface area is 152 Å². The number of hydrogen-bond acceptors (Lipinski definition) is 3. The molecule has 1 saturated carbocycles. The molecule has 2 aliphatic rings. The molecule has 2 aromatic carbocycles. The number of pyridine rings is 1. The zero-order valence-electron chi connectivity index (χ0n) is 14.5. The fourth-order valence-corrected chi connectivity index (χ4v) is 4.26. The number of aromatic nitrogens is 1. The van der Waals surface area contributed by atoms with Crippen LogP contribution >= 0.6 is 0 Å². The van der Waals surface area contributed by atoms with Gasteiger partial charge in [0.25, 0.3) is 0 Å². The second-order valence-electron chi connectivity index (χ2n) is 7.25. The van der Waals surface area contributed by atoms with E-state index in [2.05, 4.69) is 22.8 Å². The van der Waals surface area contributed by atoms with Crippen LogP contribution in [0.4, 0.5) is 11.4 Å². The first kappa shape index (κ1) is 15.4. The molecule has 1 aliphatic carbocycles. The summed E-state index contributed by atoms with van der Waals surface area (Å²) in [6, 6.07) is 18.6. The molecule has 1 amide bonds. The fraction of sp³-hybridized carbons (Fsp3) is 0.273. The highest BCUT2D eigenvalue weighted by Gasteiger charge is 2.33. The summed E-state index contributed by atoms with van der Waals surface area (Å²) in [5.74, 6) is -0.347. The highest BCUT2D eigenvalue weighted by molar-refractivity contribution is 6.05. The van der Waals surface area contributed by atoms with Crippen molar-refractivity contribution in [2.45, 2.75) is 37.6 Å². The Morgan fingerprint density at radius 1 is 1.00 bits per heavy atom. The number of nitrogens with one attached hydrogen (secondary N) is 2. The lowest BCUT2D eigenvalue weighted by Gasteiger charge is -2.18. The molecule has 4 nitrogen and oxygen atoms in total. The van der Waals surface area contributed by atoms with Gasteiger partial charge in [-0.05, 0) is 36.6 Å². The predicted octanol–water partition coefficient (Wildman–Crippen LogP) is 4.67. The van der Waals surface area contributed by atoms with E-state index < -0.39 is 0 Å². The summed E-state index contributed by atoms with van der Waals surface area (Å²) in [4.78, 5) is 17.5. The predicted molar refractivity (Wildman–Crippen MR) is 105 cm³/mol. The van der Waals surface area contributed by atoms with Crippen molar-refractivity contribution in [1.29, 1.82) is 0 Å². The van der Waals surface area contributed by atoms with Crippen molar-refractivity contribution in [3.05, 3.63) is 65.9 Å². The molecule has 1 aliphatic heterocycles. The van der Waals surface area contributed by atoms with Crippen molar-refractivity contribution >= 4 is 28.2 Å². The summed E-state index contributed by atoms with van der Waals surface area (Å²) in [5.41, 5.74) is 4.74. The average molecular weight is 343 g/mol. The van der Waals surface area contributed by atoms with Crippen LogP contribution in [0.3, 0.4) is 0 Å². The van der Waals surface area contributed by atoms with Crippen molar-refractivity contribution < 1.29 is 4.79 Å². The minimum atomic E-state index is -0.347. The summed E-state index contributed by atoms with van der Waals surface area (Å²) in [6.07, 6.45) is 4.98. The Kier molecular flexibility index (Phi) is 3.63. The van der Waals surface area contributed by atoms with E-state index in [1.54, 1.807) is 0 Å². The number of benzene rings is 2. The van der Waals surface area contributed by atoms with Crippen LogP contribution in [0.25, 0.3) is 10.9 Å². The van der Waals surface area contributed by atoms with Crippen LogP contribution in [0, 0.1) is 0 Å². The Bertz CT molecular complexity index is 992. The van der Waals surface area contributed by atoms with Gasteiger partial charge < -0.3 is 10.6 Å². The van der Waals surface area contributed by atoms with Crippen LogP contribution in [0.15, 0.2) is 54.6 Å². The Morgan fingerprint density at radius 3 is 2.65 bits per heavy atom. The molecule has 130 valence electrons. The first-order valence-corrected chi connectivity index (χ1v) is 9.35. The van der Waals surface area contributed by atoms with Crippen LogP contribution in [-0.2, 0) is 4.79 Å². The fourth-order valence-electron chi connectivity index (χ4n) is 4.26. The van der Waals surface area contributed by atoms with Crippen LogP contribution in [0.1, 0.15) is 42.9 Å². The van der Waals surface area contributed by atoms with E-state index in [1.165, 1.54) is 25.7 Å². The molecule has 0 saturated heterocycles. The van der Waals surface area contributed by atoms with Gasteiger partial charge in [0.05, 0.1) is 11.2 Å². The highest BCUT2D eigenvalue weighted by Crippen LogP contribution is 2.38. The van der Waals surface area contributed by atoms with E-state index in [0.29, 0.717) is 6.04 Å². The average Bonchev–Trinajstić information content (AvgIpc) is 3.28. The summed E-state index contributed by atoms with van der Waals surface area (Å²) >= 11 is 0. The van der Waals surface area contributed by atoms with E-state index in [9.17, 15) is 4.79 Å². The van der Waals surface area contributed by atoms with Gasteiger partial charge >= 0.3 is 0 Å². The summed E-state index contributed by atoms with van der Waals surface area (Å²) in [6.45, 7) is 0. The topological polar surface area (TPSA) is 54.0 Å². The molecule has 0 spiro atoms. The molecule has 2 heterocycles. The molecule has 1 unspecified atom stereocenters. The van der Waals surface area contributed by atoms with Crippen LogP contribution in [-0.4, -0.2) is 16.9 Å². The van der Waals surface area contributed by atoms with E-state index in [-0.39, 0.29) is 11.8 Å². The zero-order chi connectivity index (χ0) is 17.5. The number of amides is 1. The number of rotatable bonds is 3. The normalized spacial score (nSPS) is 19.5. The number of carbonyl (C=O) groups is 1. The number of carbonyl (C=O) groups excluding carboxylic acids is 1. The van der Waals surface area contributed by atoms with Gasteiger partial charge in [-0.2, -0.15) is 0 Å². The molecule has 0 radical (unpaired) electrons. The van der Waals surface area contributed by atoms with Gasteiger partial charge in [0, 0.05) is 22.8 Å². The van der Waals surface area contributed by atoms with Gasteiger partial charge in [-0.15, -0.1) is 0 Å². The van der Waals surface area contributed by atoms with Gasteiger partial charge in [0.1, 0.15) is 5.92 Å². The minimum absolute atomic E-state index is 0.000738.